The Morgan fingerprint density at radius 2 is 2.14 bits per heavy atom. The molecule has 22 heavy (non-hydrogen) atoms. The van der Waals surface area contributed by atoms with Crippen LogP contribution in [0.4, 0.5) is 0 Å². The molecule has 7 heteroatoms. The van der Waals surface area contributed by atoms with Gasteiger partial charge in [0, 0.05) is 10.3 Å². The molecule has 0 aliphatic heterocycles. The van der Waals surface area contributed by atoms with Crippen molar-refractivity contribution in [2.24, 2.45) is 5.73 Å². The van der Waals surface area contributed by atoms with Gasteiger partial charge >= 0.3 is 0 Å². The fourth-order valence-corrected chi connectivity index (χ4v) is 4.43. The fourth-order valence-electron chi connectivity index (χ4n) is 2.47. The third-order valence-corrected chi connectivity index (χ3v) is 5.96. The number of thiophene rings is 1. The van der Waals surface area contributed by atoms with Crippen molar-refractivity contribution in [2.75, 3.05) is 0 Å². The topological polar surface area (TPSA) is 85.1 Å². The lowest BCUT2D eigenvalue weighted by Gasteiger charge is -2.09. The molecular weight excluding hydrogens is 318 g/mol. The smallest absolute Gasteiger partial charge is 0.261 e. The molecular formula is C15H17N3O2S2. The molecule has 0 saturated carbocycles. The van der Waals surface area contributed by atoms with Crippen LogP contribution in [0.3, 0.4) is 0 Å². The van der Waals surface area contributed by atoms with E-state index in [0.717, 1.165) is 17.8 Å². The zero-order valence-corrected chi connectivity index (χ0v) is 13.9. The van der Waals surface area contributed by atoms with E-state index in [1.54, 1.807) is 16.7 Å². The van der Waals surface area contributed by atoms with Crippen LogP contribution >= 0.6 is 22.7 Å². The number of fused-ring (bicyclic) bond motifs is 1. The van der Waals surface area contributed by atoms with Crippen LogP contribution in [0.1, 0.15) is 61.4 Å². The van der Waals surface area contributed by atoms with Crippen LogP contribution in [0, 0.1) is 0 Å². The van der Waals surface area contributed by atoms with E-state index in [4.69, 9.17) is 5.73 Å². The van der Waals surface area contributed by atoms with Gasteiger partial charge in [0.2, 0.25) is 5.91 Å². The predicted octanol–water partition coefficient (Wildman–Crippen LogP) is 2.67. The van der Waals surface area contributed by atoms with Gasteiger partial charge in [0.1, 0.15) is 5.01 Å². The molecule has 0 spiro atoms. The predicted molar refractivity (Wildman–Crippen MR) is 87.5 cm³/mol. The second-order valence-corrected chi connectivity index (χ2v) is 7.41. The van der Waals surface area contributed by atoms with Gasteiger partial charge in [-0.1, -0.05) is 0 Å². The second-order valence-electron chi connectivity index (χ2n) is 5.39. The van der Waals surface area contributed by atoms with Gasteiger partial charge in [0.15, 0.2) is 0 Å². The van der Waals surface area contributed by atoms with E-state index in [2.05, 4.69) is 10.3 Å². The fraction of sp³-hybridized carbons (Fsp3) is 0.400. The van der Waals surface area contributed by atoms with Crippen LogP contribution < -0.4 is 11.1 Å². The van der Waals surface area contributed by atoms with E-state index >= 15 is 0 Å². The maximum atomic E-state index is 12.2. The zero-order chi connectivity index (χ0) is 15.7. The van der Waals surface area contributed by atoms with Crippen LogP contribution in [-0.4, -0.2) is 16.8 Å². The molecule has 1 aliphatic rings. The molecule has 2 aromatic heterocycles. The highest BCUT2D eigenvalue weighted by atomic mass is 32.1. The number of aryl methyl sites for hydroxylation is 2. The molecule has 5 nitrogen and oxygen atoms in total. The van der Waals surface area contributed by atoms with Crippen LogP contribution in [0.2, 0.25) is 0 Å². The summed E-state index contributed by atoms with van der Waals surface area (Å²) >= 11 is 2.91. The number of rotatable bonds is 4. The average molecular weight is 335 g/mol. The summed E-state index contributed by atoms with van der Waals surface area (Å²) in [6, 6.07) is 1.39. The normalized spacial score (nSPS) is 15.1. The Balaban J connectivity index is 1.70. The third-order valence-electron chi connectivity index (χ3n) is 3.69. The minimum atomic E-state index is -0.518. The number of primary amides is 1. The molecule has 0 fully saturated rings. The average Bonchev–Trinajstić information content (AvgIpc) is 3.14. The number of nitrogens with one attached hydrogen (secondary N) is 1. The van der Waals surface area contributed by atoms with Gasteiger partial charge in [0.25, 0.3) is 5.91 Å². The number of nitrogens with two attached hydrogens (primary N) is 1. The molecule has 3 N–H and O–H groups in total. The highest BCUT2D eigenvalue weighted by Gasteiger charge is 2.20. The van der Waals surface area contributed by atoms with Crippen LogP contribution in [-0.2, 0) is 12.8 Å². The van der Waals surface area contributed by atoms with Gasteiger partial charge in [0.05, 0.1) is 22.2 Å². The summed E-state index contributed by atoms with van der Waals surface area (Å²) in [6.45, 7) is 1.94. The van der Waals surface area contributed by atoms with Gasteiger partial charge in [-0.25, -0.2) is 4.98 Å². The molecule has 1 aliphatic carbocycles. The molecule has 2 amide bonds. The highest BCUT2D eigenvalue weighted by Crippen LogP contribution is 2.30. The van der Waals surface area contributed by atoms with Gasteiger partial charge in [-0.3, -0.25) is 9.59 Å². The standard InChI is InChI=1S/C15H17N3O2S2/c1-8(15-18-10-4-2-3-5-11(10)22-15)17-14(20)12-6-9(7-21-12)13(16)19/h6-8H,2-5H2,1H3,(H2,16,19)(H,17,20). The Bertz CT molecular complexity index is 697. The van der Waals surface area contributed by atoms with Crippen LogP contribution in [0.15, 0.2) is 11.4 Å². The lowest BCUT2D eigenvalue weighted by Crippen LogP contribution is -2.26. The first-order chi connectivity index (χ1) is 10.5. The van der Waals surface area contributed by atoms with Gasteiger partial charge in [-0.05, 0) is 38.7 Å². The van der Waals surface area contributed by atoms with E-state index in [-0.39, 0.29) is 11.9 Å². The summed E-state index contributed by atoms with van der Waals surface area (Å²) in [7, 11) is 0. The van der Waals surface area contributed by atoms with Crippen molar-refractivity contribution in [3.05, 3.63) is 37.5 Å². The molecule has 0 radical (unpaired) electrons. The van der Waals surface area contributed by atoms with Crippen molar-refractivity contribution >= 4 is 34.5 Å². The van der Waals surface area contributed by atoms with E-state index in [1.165, 1.54) is 40.8 Å². The van der Waals surface area contributed by atoms with Gasteiger partial charge in [-0.15, -0.1) is 22.7 Å². The lowest BCUT2D eigenvalue weighted by atomic mass is 10.0. The maximum absolute atomic E-state index is 12.2. The minimum Gasteiger partial charge on any atom is -0.366 e. The number of carbonyl (C=O) groups excluding carboxylic acids is 2. The van der Waals surface area contributed by atoms with E-state index in [0.29, 0.717) is 10.4 Å². The van der Waals surface area contributed by atoms with Crippen molar-refractivity contribution in [1.82, 2.24) is 10.3 Å². The van der Waals surface area contributed by atoms with Crippen LogP contribution in [0.25, 0.3) is 0 Å². The number of aromatic nitrogens is 1. The van der Waals surface area contributed by atoms with Crippen molar-refractivity contribution in [3.63, 3.8) is 0 Å². The summed E-state index contributed by atoms with van der Waals surface area (Å²) in [5, 5.41) is 5.49. The van der Waals surface area contributed by atoms with Crippen molar-refractivity contribution in [2.45, 2.75) is 38.6 Å². The Hall–Kier alpha value is -1.73. The van der Waals surface area contributed by atoms with Crippen molar-refractivity contribution in [3.8, 4) is 0 Å². The van der Waals surface area contributed by atoms with E-state index < -0.39 is 5.91 Å². The highest BCUT2D eigenvalue weighted by molar-refractivity contribution is 7.12. The Kier molecular flexibility index (Phi) is 4.26. The first-order valence-corrected chi connectivity index (χ1v) is 8.92. The molecule has 3 rings (SSSR count). The molecule has 0 saturated heterocycles. The summed E-state index contributed by atoms with van der Waals surface area (Å²) in [6.07, 6.45) is 4.56. The van der Waals surface area contributed by atoms with Gasteiger partial charge < -0.3 is 11.1 Å². The molecule has 0 bridgehead atoms. The zero-order valence-electron chi connectivity index (χ0n) is 12.2. The van der Waals surface area contributed by atoms with Gasteiger partial charge in [-0.2, -0.15) is 0 Å². The third kappa shape index (κ3) is 3.05. The molecule has 2 aromatic rings. The largest absolute Gasteiger partial charge is 0.366 e. The summed E-state index contributed by atoms with van der Waals surface area (Å²) in [5.41, 5.74) is 6.77. The summed E-state index contributed by atoms with van der Waals surface area (Å²) < 4.78 is 0. The SMILES string of the molecule is CC(NC(=O)c1cc(C(N)=O)cs1)c1nc2c(s1)CCCC2. The molecule has 1 unspecified atom stereocenters. The number of carbonyl (C=O) groups is 2. The van der Waals surface area contributed by atoms with Crippen molar-refractivity contribution in [1.29, 1.82) is 0 Å². The van der Waals surface area contributed by atoms with Crippen molar-refractivity contribution < 1.29 is 9.59 Å². The summed E-state index contributed by atoms with van der Waals surface area (Å²) in [5.74, 6) is -0.714. The number of amides is 2. The lowest BCUT2D eigenvalue weighted by molar-refractivity contribution is 0.0944. The summed E-state index contributed by atoms with van der Waals surface area (Å²) in [4.78, 5) is 29.8. The van der Waals surface area contributed by atoms with E-state index in [1.807, 2.05) is 6.92 Å². The molecule has 0 aromatic carbocycles. The van der Waals surface area contributed by atoms with Crippen LogP contribution in [0.5, 0.6) is 0 Å². The minimum absolute atomic E-state index is 0.137. The number of hydrogen-bond acceptors (Lipinski definition) is 5. The Morgan fingerprint density at radius 1 is 1.36 bits per heavy atom. The first-order valence-electron chi connectivity index (χ1n) is 7.22. The maximum Gasteiger partial charge on any atom is 0.261 e. The molecule has 2 heterocycles. The molecule has 1 atom stereocenters. The Labute approximate surface area is 136 Å². The number of nitrogens with zero attached hydrogens (tertiary/aromatic N) is 1. The number of thiazole rings is 1. The van der Waals surface area contributed by atoms with E-state index in [9.17, 15) is 9.59 Å². The number of hydrogen-bond donors (Lipinski definition) is 2. The second kappa shape index (κ2) is 6.18. The molecule has 116 valence electrons. The Morgan fingerprint density at radius 3 is 2.82 bits per heavy atom. The monoisotopic (exact) mass is 335 g/mol. The first kappa shape index (κ1) is 15.2. The quantitative estimate of drug-likeness (QED) is 0.901.